The number of para-hydroxylation sites is 1. The molecule has 1 rings (SSSR count). The van der Waals surface area contributed by atoms with Gasteiger partial charge in [0.1, 0.15) is 17.9 Å². The number of nitrogens with one attached hydrogen (secondary N) is 1. The van der Waals surface area contributed by atoms with Gasteiger partial charge in [-0.15, -0.1) is 0 Å². The number of hydrogen-bond donors (Lipinski definition) is 2. The number of benzene rings is 1. The average Bonchev–Trinajstić information content (AvgIpc) is 2.45. The van der Waals surface area contributed by atoms with Crippen molar-refractivity contribution >= 4 is 11.9 Å². The molecule has 0 aliphatic heterocycles. The Labute approximate surface area is 124 Å². The van der Waals surface area contributed by atoms with Crippen LogP contribution in [0.15, 0.2) is 24.3 Å². The van der Waals surface area contributed by atoms with Gasteiger partial charge in [0.25, 0.3) is 0 Å². The summed E-state index contributed by atoms with van der Waals surface area (Å²) in [6, 6.07) is 6.50. The molecule has 116 valence electrons. The number of hydrogen-bond acceptors (Lipinski definition) is 4. The molecule has 0 saturated carbocycles. The van der Waals surface area contributed by atoms with Crippen molar-refractivity contribution in [1.82, 2.24) is 10.2 Å². The Balaban J connectivity index is 2.36. The molecule has 0 aliphatic rings. The number of ether oxygens (including phenoxy) is 1. The normalized spacial score (nSPS) is 10.4. The lowest BCUT2D eigenvalue weighted by atomic mass is 10.2. The minimum Gasteiger partial charge on any atom is -0.491 e. The Morgan fingerprint density at radius 2 is 2.05 bits per heavy atom. The number of carbonyl (C=O) groups is 2. The lowest BCUT2D eigenvalue weighted by Gasteiger charge is -2.17. The Morgan fingerprint density at radius 1 is 1.33 bits per heavy atom. The number of carboxylic acid groups (broad SMARTS) is 1. The first-order valence-electron chi connectivity index (χ1n) is 6.95. The minimum atomic E-state index is -1.02. The van der Waals surface area contributed by atoms with Crippen molar-refractivity contribution in [3.8, 4) is 5.75 Å². The SMILES string of the molecule is CCCNC(=O)CN(C)CCOc1ccccc1C(=O)O. The fraction of sp³-hybridized carbons (Fsp3) is 0.467. The maximum Gasteiger partial charge on any atom is 0.339 e. The van der Waals surface area contributed by atoms with E-state index in [0.717, 1.165) is 6.42 Å². The maximum atomic E-state index is 11.5. The minimum absolute atomic E-state index is 0.0229. The van der Waals surface area contributed by atoms with Crippen LogP contribution in [0.1, 0.15) is 23.7 Å². The fourth-order valence-corrected chi connectivity index (χ4v) is 1.73. The summed E-state index contributed by atoms with van der Waals surface area (Å²) < 4.78 is 5.48. The summed E-state index contributed by atoms with van der Waals surface area (Å²) in [4.78, 5) is 24.4. The van der Waals surface area contributed by atoms with Gasteiger partial charge in [0.2, 0.25) is 5.91 Å². The largest absolute Gasteiger partial charge is 0.491 e. The second kappa shape index (κ2) is 8.97. The van der Waals surface area contributed by atoms with Gasteiger partial charge in [-0.1, -0.05) is 19.1 Å². The summed E-state index contributed by atoms with van der Waals surface area (Å²) in [5.74, 6) is -0.697. The van der Waals surface area contributed by atoms with Crippen molar-refractivity contribution in [2.24, 2.45) is 0 Å². The molecule has 0 saturated heterocycles. The quantitative estimate of drug-likeness (QED) is 0.716. The molecule has 0 radical (unpaired) electrons. The first-order chi connectivity index (χ1) is 10.0. The van der Waals surface area contributed by atoms with Crippen LogP contribution in [0.3, 0.4) is 0 Å². The van der Waals surface area contributed by atoms with Crippen molar-refractivity contribution in [3.05, 3.63) is 29.8 Å². The van der Waals surface area contributed by atoms with E-state index in [1.54, 1.807) is 18.2 Å². The van der Waals surface area contributed by atoms with Crippen molar-refractivity contribution in [3.63, 3.8) is 0 Å². The third-order valence-electron chi connectivity index (χ3n) is 2.83. The first kappa shape index (κ1) is 17.0. The number of carbonyl (C=O) groups excluding carboxylic acids is 1. The van der Waals surface area contributed by atoms with Crippen molar-refractivity contribution in [2.75, 3.05) is 33.3 Å². The molecule has 0 aromatic heterocycles. The van der Waals surface area contributed by atoms with Crippen LogP contribution in [-0.4, -0.2) is 55.2 Å². The van der Waals surface area contributed by atoms with Crippen LogP contribution in [0.5, 0.6) is 5.75 Å². The molecule has 0 heterocycles. The van der Waals surface area contributed by atoms with E-state index in [2.05, 4.69) is 5.32 Å². The number of aromatic carboxylic acids is 1. The lowest BCUT2D eigenvalue weighted by Crippen LogP contribution is -2.37. The van der Waals surface area contributed by atoms with E-state index in [1.165, 1.54) is 6.07 Å². The van der Waals surface area contributed by atoms with E-state index in [0.29, 0.717) is 32.0 Å². The molecule has 21 heavy (non-hydrogen) atoms. The topological polar surface area (TPSA) is 78.9 Å². The maximum absolute atomic E-state index is 11.5. The van der Waals surface area contributed by atoms with Gasteiger partial charge in [-0.2, -0.15) is 0 Å². The third-order valence-corrected chi connectivity index (χ3v) is 2.83. The number of rotatable bonds is 9. The zero-order valence-corrected chi connectivity index (χ0v) is 12.5. The van der Waals surface area contributed by atoms with E-state index >= 15 is 0 Å². The van der Waals surface area contributed by atoms with E-state index in [1.807, 2.05) is 18.9 Å². The van der Waals surface area contributed by atoms with E-state index in [-0.39, 0.29) is 11.5 Å². The molecular weight excluding hydrogens is 272 g/mol. The first-order valence-corrected chi connectivity index (χ1v) is 6.95. The summed E-state index contributed by atoms with van der Waals surface area (Å²) >= 11 is 0. The van der Waals surface area contributed by atoms with Crippen molar-refractivity contribution < 1.29 is 19.4 Å². The predicted octanol–water partition coefficient (Wildman–Crippen LogP) is 1.22. The molecule has 6 nitrogen and oxygen atoms in total. The summed E-state index contributed by atoms with van der Waals surface area (Å²) in [7, 11) is 1.82. The summed E-state index contributed by atoms with van der Waals surface area (Å²) in [5.41, 5.74) is 0.140. The van der Waals surface area contributed by atoms with Gasteiger partial charge in [-0.25, -0.2) is 4.79 Å². The van der Waals surface area contributed by atoms with E-state index in [9.17, 15) is 9.59 Å². The molecule has 0 bridgehead atoms. The second-order valence-electron chi connectivity index (χ2n) is 4.74. The number of carboxylic acids is 1. The number of amides is 1. The highest BCUT2D eigenvalue weighted by Crippen LogP contribution is 2.17. The summed E-state index contributed by atoms with van der Waals surface area (Å²) in [6.45, 7) is 3.83. The van der Waals surface area contributed by atoms with Crippen LogP contribution in [0, 0.1) is 0 Å². The van der Waals surface area contributed by atoms with Gasteiger partial charge >= 0.3 is 5.97 Å². The standard InChI is InChI=1S/C15H22N2O4/c1-3-8-16-14(18)11-17(2)9-10-21-13-7-5-4-6-12(13)15(19)20/h4-7H,3,8-11H2,1-2H3,(H,16,18)(H,19,20). The van der Waals surface area contributed by atoms with Crippen LogP contribution in [-0.2, 0) is 4.79 Å². The predicted molar refractivity (Wildman–Crippen MR) is 79.7 cm³/mol. The molecule has 0 spiro atoms. The fourth-order valence-electron chi connectivity index (χ4n) is 1.73. The highest BCUT2D eigenvalue weighted by Gasteiger charge is 2.11. The Morgan fingerprint density at radius 3 is 2.71 bits per heavy atom. The lowest BCUT2D eigenvalue weighted by molar-refractivity contribution is -0.122. The van der Waals surface area contributed by atoms with Crippen LogP contribution >= 0.6 is 0 Å². The number of likely N-dealkylation sites (N-methyl/N-ethyl adjacent to an activating group) is 1. The van der Waals surface area contributed by atoms with Gasteiger partial charge in [-0.3, -0.25) is 9.69 Å². The van der Waals surface area contributed by atoms with Crippen LogP contribution in [0.25, 0.3) is 0 Å². The molecule has 0 atom stereocenters. The summed E-state index contributed by atoms with van der Waals surface area (Å²) in [5, 5.41) is 11.8. The van der Waals surface area contributed by atoms with Gasteiger partial charge in [-0.05, 0) is 25.6 Å². The second-order valence-corrected chi connectivity index (χ2v) is 4.74. The average molecular weight is 294 g/mol. The zero-order chi connectivity index (χ0) is 15.7. The molecule has 1 aromatic carbocycles. The molecule has 2 N–H and O–H groups in total. The molecular formula is C15H22N2O4. The third kappa shape index (κ3) is 6.27. The van der Waals surface area contributed by atoms with Gasteiger partial charge in [0, 0.05) is 13.1 Å². The Kier molecular flexibility index (Phi) is 7.25. The van der Waals surface area contributed by atoms with Gasteiger partial charge < -0.3 is 15.2 Å². The highest BCUT2D eigenvalue weighted by molar-refractivity contribution is 5.90. The molecule has 0 aliphatic carbocycles. The Hall–Kier alpha value is -2.08. The van der Waals surface area contributed by atoms with Gasteiger partial charge in [0.15, 0.2) is 0 Å². The molecule has 1 amide bonds. The molecule has 0 fully saturated rings. The van der Waals surface area contributed by atoms with Crippen molar-refractivity contribution in [2.45, 2.75) is 13.3 Å². The van der Waals surface area contributed by atoms with Crippen LogP contribution in [0.2, 0.25) is 0 Å². The van der Waals surface area contributed by atoms with Gasteiger partial charge in [0.05, 0.1) is 6.54 Å². The molecule has 6 heteroatoms. The zero-order valence-electron chi connectivity index (χ0n) is 12.5. The van der Waals surface area contributed by atoms with E-state index in [4.69, 9.17) is 9.84 Å². The van der Waals surface area contributed by atoms with E-state index < -0.39 is 5.97 Å². The highest BCUT2D eigenvalue weighted by atomic mass is 16.5. The smallest absolute Gasteiger partial charge is 0.339 e. The van der Waals surface area contributed by atoms with Crippen LogP contribution in [0.4, 0.5) is 0 Å². The van der Waals surface area contributed by atoms with Crippen LogP contribution < -0.4 is 10.1 Å². The molecule has 0 unspecified atom stereocenters. The Bertz CT molecular complexity index is 476. The number of nitrogens with zero attached hydrogens (tertiary/aromatic N) is 1. The monoisotopic (exact) mass is 294 g/mol. The van der Waals surface area contributed by atoms with Crippen molar-refractivity contribution in [1.29, 1.82) is 0 Å². The molecule has 1 aromatic rings. The summed E-state index contributed by atoms with van der Waals surface area (Å²) in [6.07, 6.45) is 0.907.